The number of nitrogens with zero attached hydrogens (tertiary/aromatic N) is 1. The number of pyridine rings is 1. The summed E-state index contributed by atoms with van der Waals surface area (Å²) in [5.41, 5.74) is 2.25. The minimum absolute atomic E-state index is 0.617. The van der Waals surface area contributed by atoms with Crippen molar-refractivity contribution in [3.63, 3.8) is 0 Å². The molecular formula is C13H17ClN2. The molecule has 3 rings (SSSR count). The van der Waals surface area contributed by atoms with Crippen molar-refractivity contribution in [2.45, 2.75) is 38.6 Å². The number of rotatable bonds is 4. The van der Waals surface area contributed by atoms with Crippen molar-refractivity contribution < 1.29 is 0 Å². The van der Waals surface area contributed by atoms with Crippen LogP contribution in [-0.2, 0) is 0 Å². The van der Waals surface area contributed by atoms with Gasteiger partial charge in [-0.05, 0) is 56.1 Å². The van der Waals surface area contributed by atoms with E-state index < -0.39 is 0 Å². The lowest BCUT2D eigenvalue weighted by atomic mass is 10.1. The minimum Gasteiger partial charge on any atom is -0.379 e. The van der Waals surface area contributed by atoms with Crippen molar-refractivity contribution in [2.75, 3.05) is 5.32 Å². The summed E-state index contributed by atoms with van der Waals surface area (Å²) in [4.78, 5) is 4.16. The Hall–Kier alpha value is -0.760. The largest absolute Gasteiger partial charge is 0.379 e. The molecule has 2 aliphatic carbocycles. The smallest absolute Gasteiger partial charge is 0.152 e. The number of hydrogen-bond donors (Lipinski definition) is 1. The Labute approximate surface area is 101 Å². The standard InChI is InChI=1S/C13H17ClN2/c1-8-6-7-15-13(14)11(8)16-12(9-2-3-9)10-4-5-10/h6-7,9-10,12,16H,2-5H2,1H3. The highest BCUT2D eigenvalue weighted by Gasteiger charge is 2.41. The van der Waals surface area contributed by atoms with Crippen LogP contribution in [0, 0.1) is 18.8 Å². The van der Waals surface area contributed by atoms with Gasteiger partial charge in [0.05, 0.1) is 5.69 Å². The second-order valence-electron chi connectivity index (χ2n) is 5.14. The molecule has 0 aliphatic heterocycles. The highest BCUT2D eigenvalue weighted by Crippen LogP contribution is 2.46. The van der Waals surface area contributed by atoms with Gasteiger partial charge in [-0.2, -0.15) is 0 Å². The third-order valence-electron chi connectivity index (χ3n) is 3.68. The molecule has 0 saturated heterocycles. The number of aromatic nitrogens is 1. The van der Waals surface area contributed by atoms with Crippen molar-refractivity contribution in [3.8, 4) is 0 Å². The fourth-order valence-corrected chi connectivity index (χ4v) is 2.66. The number of nitrogens with one attached hydrogen (secondary N) is 1. The molecule has 0 radical (unpaired) electrons. The van der Waals surface area contributed by atoms with E-state index in [2.05, 4.69) is 17.2 Å². The Morgan fingerprint density at radius 2 is 1.94 bits per heavy atom. The molecule has 86 valence electrons. The Bertz CT molecular complexity index is 365. The van der Waals surface area contributed by atoms with Crippen molar-refractivity contribution in [1.82, 2.24) is 4.98 Å². The van der Waals surface area contributed by atoms with Gasteiger partial charge in [0, 0.05) is 12.2 Å². The van der Waals surface area contributed by atoms with E-state index >= 15 is 0 Å². The highest BCUT2D eigenvalue weighted by atomic mass is 35.5. The zero-order chi connectivity index (χ0) is 11.1. The van der Waals surface area contributed by atoms with Crippen LogP contribution in [0.3, 0.4) is 0 Å². The van der Waals surface area contributed by atoms with Gasteiger partial charge in [-0.1, -0.05) is 11.6 Å². The summed E-state index contributed by atoms with van der Waals surface area (Å²) in [6, 6.07) is 2.66. The molecule has 16 heavy (non-hydrogen) atoms. The molecule has 2 saturated carbocycles. The first kappa shape index (κ1) is 10.4. The lowest BCUT2D eigenvalue weighted by Crippen LogP contribution is -2.25. The van der Waals surface area contributed by atoms with Gasteiger partial charge in [-0.15, -0.1) is 0 Å². The van der Waals surface area contributed by atoms with Crippen molar-refractivity contribution in [3.05, 3.63) is 23.0 Å². The summed E-state index contributed by atoms with van der Waals surface area (Å²) in [5, 5.41) is 4.26. The Morgan fingerprint density at radius 1 is 1.31 bits per heavy atom. The predicted molar refractivity (Wildman–Crippen MR) is 66.8 cm³/mol. The summed E-state index contributed by atoms with van der Waals surface area (Å²) in [6.45, 7) is 2.09. The molecule has 0 amide bonds. The number of halogens is 1. The Balaban J connectivity index is 1.81. The van der Waals surface area contributed by atoms with E-state index in [-0.39, 0.29) is 0 Å². The summed E-state index contributed by atoms with van der Waals surface area (Å²) in [5.74, 6) is 1.76. The number of aryl methyl sites for hydroxylation is 1. The maximum atomic E-state index is 6.15. The van der Waals surface area contributed by atoms with Gasteiger partial charge < -0.3 is 5.32 Å². The first-order chi connectivity index (χ1) is 7.75. The Morgan fingerprint density at radius 3 is 2.44 bits per heavy atom. The van der Waals surface area contributed by atoms with Crippen LogP contribution in [0.1, 0.15) is 31.2 Å². The first-order valence-corrected chi connectivity index (χ1v) is 6.51. The van der Waals surface area contributed by atoms with E-state index in [1.54, 1.807) is 6.20 Å². The summed E-state index contributed by atoms with van der Waals surface area (Å²) in [6.07, 6.45) is 7.29. The second-order valence-corrected chi connectivity index (χ2v) is 5.50. The molecule has 1 aromatic rings. The van der Waals surface area contributed by atoms with Crippen molar-refractivity contribution >= 4 is 17.3 Å². The molecular weight excluding hydrogens is 220 g/mol. The molecule has 0 atom stereocenters. The second kappa shape index (κ2) is 3.92. The molecule has 1 N–H and O–H groups in total. The van der Waals surface area contributed by atoms with E-state index in [9.17, 15) is 0 Å². The van der Waals surface area contributed by atoms with Crippen LogP contribution in [0.15, 0.2) is 12.3 Å². The number of anilines is 1. The molecule has 2 fully saturated rings. The van der Waals surface area contributed by atoms with E-state index in [1.807, 2.05) is 6.07 Å². The Kier molecular flexibility index (Phi) is 2.55. The molecule has 0 spiro atoms. The first-order valence-electron chi connectivity index (χ1n) is 6.13. The highest BCUT2D eigenvalue weighted by molar-refractivity contribution is 6.32. The van der Waals surface area contributed by atoms with Gasteiger partial charge in [0.1, 0.15) is 0 Å². The fraction of sp³-hybridized carbons (Fsp3) is 0.615. The lowest BCUT2D eigenvalue weighted by Gasteiger charge is -2.20. The van der Waals surface area contributed by atoms with Gasteiger partial charge in [0.15, 0.2) is 5.15 Å². The fourth-order valence-electron chi connectivity index (χ4n) is 2.40. The summed E-state index contributed by atoms with van der Waals surface area (Å²) >= 11 is 6.15. The van der Waals surface area contributed by atoms with Crippen LogP contribution in [0.2, 0.25) is 5.15 Å². The third kappa shape index (κ3) is 2.03. The van der Waals surface area contributed by atoms with Crippen LogP contribution in [0.4, 0.5) is 5.69 Å². The van der Waals surface area contributed by atoms with Crippen LogP contribution >= 0.6 is 11.6 Å². The maximum Gasteiger partial charge on any atom is 0.152 e. The van der Waals surface area contributed by atoms with Gasteiger partial charge >= 0.3 is 0 Å². The quantitative estimate of drug-likeness (QED) is 0.808. The van der Waals surface area contributed by atoms with Crippen molar-refractivity contribution in [1.29, 1.82) is 0 Å². The average Bonchev–Trinajstić information content (AvgIpc) is 3.12. The third-order valence-corrected chi connectivity index (χ3v) is 3.97. The molecule has 1 heterocycles. The maximum absolute atomic E-state index is 6.15. The van der Waals surface area contributed by atoms with E-state index in [0.717, 1.165) is 17.5 Å². The average molecular weight is 237 g/mol. The minimum atomic E-state index is 0.617. The van der Waals surface area contributed by atoms with Gasteiger partial charge in [-0.3, -0.25) is 0 Å². The van der Waals surface area contributed by atoms with Gasteiger partial charge in [-0.25, -0.2) is 4.98 Å². The molecule has 1 aromatic heterocycles. The van der Waals surface area contributed by atoms with Gasteiger partial charge in [0.2, 0.25) is 0 Å². The van der Waals surface area contributed by atoms with E-state index in [4.69, 9.17) is 11.6 Å². The monoisotopic (exact) mass is 236 g/mol. The molecule has 0 bridgehead atoms. The molecule has 0 aromatic carbocycles. The zero-order valence-corrected chi connectivity index (χ0v) is 10.3. The number of hydrogen-bond acceptors (Lipinski definition) is 2. The molecule has 3 heteroatoms. The van der Waals surface area contributed by atoms with E-state index in [1.165, 1.54) is 31.2 Å². The van der Waals surface area contributed by atoms with Crippen molar-refractivity contribution in [2.24, 2.45) is 11.8 Å². The summed E-state index contributed by atoms with van der Waals surface area (Å²) < 4.78 is 0. The molecule has 2 aliphatic rings. The summed E-state index contributed by atoms with van der Waals surface area (Å²) in [7, 11) is 0. The van der Waals surface area contributed by atoms with Crippen LogP contribution < -0.4 is 5.32 Å². The van der Waals surface area contributed by atoms with Crippen LogP contribution in [0.5, 0.6) is 0 Å². The van der Waals surface area contributed by atoms with Crippen LogP contribution in [0.25, 0.3) is 0 Å². The SMILES string of the molecule is Cc1ccnc(Cl)c1NC(C1CC1)C1CC1. The topological polar surface area (TPSA) is 24.9 Å². The predicted octanol–water partition coefficient (Wildman–Crippen LogP) is 3.64. The lowest BCUT2D eigenvalue weighted by molar-refractivity contribution is 0.567. The van der Waals surface area contributed by atoms with Crippen LogP contribution in [-0.4, -0.2) is 11.0 Å². The zero-order valence-electron chi connectivity index (χ0n) is 9.54. The van der Waals surface area contributed by atoms with E-state index in [0.29, 0.717) is 11.2 Å². The van der Waals surface area contributed by atoms with Gasteiger partial charge in [0.25, 0.3) is 0 Å². The molecule has 0 unspecified atom stereocenters. The molecule has 2 nitrogen and oxygen atoms in total. The normalized spacial score (nSPS) is 20.2.